The number of hydrogen-bond acceptors (Lipinski definition) is 2. The second kappa shape index (κ2) is 3.97. The first kappa shape index (κ1) is 11.3. The number of aryl methyl sites for hydroxylation is 1. The van der Waals surface area contributed by atoms with Crippen molar-refractivity contribution >= 4 is 5.97 Å². The summed E-state index contributed by atoms with van der Waals surface area (Å²) in [6.45, 7) is 0. The van der Waals surface area contributed by atoms with Gasteiger partial charge in [-0.3, -0.25) is 4.68 Å². The molecular weight excluding hydrogens is 230 g/mol. The van der Waals surface area contributed by atoms with Crippen LogP contribution < -0.4 is 0 Å². The van der Waals surface area contributed by atoms with Crippen LogP contribution in [0.2, 0.25) is 0 Å². The molecule has 1 heterocycles. The molecule has 2 rings (SSSR count). The van der Waals surface area contributed by atoms with Crippen molar-refractivity contribution in [3.63, 3.8) is 0 Å². The van der Waals surface area contributed by atoms with Crippen LogP contribution in [0.4, 0.5) is 8.78 Å². The minimum absolute atomic E-state index is 0.0162. The summed E-state index contributed by atoms with van der Waals surface area (Å²) in [6.07, 6.45) is 1.26. The van der Waals surface area contributed by atoms with E-state index >= 15 is 0 Å². The highest BCUT2D eigenvalue weighted by Gasteiger charge is 2.19. The molecule has 6 heteroatoms. The molecule has 0 atom stereocenters. The molecule has 0 aliphatic rings. The number of carboxylic acids is 1. The van der Waals surface area contributed by atoms with Crippen molar-refractivity contribution in [1.29, 1.82) is 0 Å². The molecule has 1 aromatic heterocycles. The van der Waals surface area contributed by atoms with Gasteiger partial charge in [-0.1, -0.05) is 0 Å². The zero-order valence-corrected chi connectivity index (χ0v) is 8.82. The van der Waals surface area contributed by atoms with E-state index in [2.05, 4.69) is 5.10 Å². The summed E-state index contributed by atoms with van der Waals surface area (Å²) in [5.41, 5.74) is -0.181. The van der Waals surface area contributed by atoms with Crippen LogP contribution in [-0.2, 0) is 7.05 Å². The number of carboxylic acid groups (broad SMARTS) is 1. The molecule has 0 unspecified atom stereocenters. The third kappa shape index (κ3) is 2.01. The quantitative estimate of drug-likeness (QED) is 0.871. The number of nitrogens with zero attached hydrogens (tertiary/aromatic N) is 2. The van der Waals surface area contributed by atoms with E-state index in [9.17, 15) is 13.6 Å². The fourth-order valence-corrected chi connectivity index (χ4v) is 1.53. The van der Waals surface area contributed by atoms with E-state index in [1.165, 1.54) is 24.0 Å². The van der Waals surface area contributed by atoms with Crippen LogP contribution in [0.25, 0.3) is 11.3 Å². The fourth-order valence-electron chi connectivity index (χ4n) is 1.53. The molecule has 0 saturated heterocycles. The van der Waals surface area contributed by atoms with Gasteiger partial charge in [0.1, 0.15) is 22.9 Å². The Hall–Kier alpha value is -2.24. The molecule has 0 aliphatic heterocycles. The van der Waals surface area contributed by atoms with Crippen LogP contribution >= 0.6 is 0 Å². The fraction of sp³-hybridized carbons (Fsp3) is 0.0909. The van der Waals surface area contributed by atoms with Gasteiger partial charge in [0.25, 0.3) is 0 Å². The Kier molecular flexibility index (Phi) is 2.63. The zero-order valence-electron chi connectivity index (χ0n) is 8.82. The van der Waals surface area contributed by atoms with Crippen molar-refractivity contribution < 1.29 is 18.7 Å². The average molecular weight is 238 g/mol. The first-order valence-corrected chi connectivity index (χ1v) is 4.71. The first-order chi connectivity index (χ1) is 7.99. The van der Waals surface area contributed by atoms with E-state index in [1.807, 2.05) is 0 Å². The zero-order chi connectivity index (χ0) is 12.6. The molecule has 0 saturated carbocycles. The van der Waals surface area contributed by atoms with Gasteiger partial charge in [-0.2, -0.15) is 5.10 Å². The number of benzene rings is 1. The van der Waals surface area contributed by atoms with Gasteiger partial charge in [-0.25, -0.2) is 13.6 Å². The Balaban J connectivity index is 2.63. The van der Waals surface area contributed by atoms with E-state index in [4.69, 9.17) is 5.11 Å². The molecule has 17 heavy (non-hydrogen) atoms. The molecule has 0 fully saturated rings. The van der Waals surface area contributed by atoms with Gasteiger partial charge in [0, 0.05) is 24.9 Å². The standard InChI is InChI=1S/C11H8F2N2O2/c1-15-5-8(11(16)17)10(14-15)7-3-2-6(12)4-9(7)13/h2-5H,1H3,(H,16,17). The van der Waals surface area contributed by atoms with Crippen molar-refractivity contribution in [3.05, 3.63) is 41.6 Å². The molecule has 1 aromatic carbocycles. The summed E-state index contributed by atoms with van der Waals surface area (Å²) in [7, 11) is 1.53. The number of hydrogen-bond donors (Lipinski definition) is 1. The Morgan fingerprint density at radius 3 is 2.71 bits per heavy atom. The van der Waals surface area contributed by atoms with E-state index in [0.717, 1.165) is 6.07 Å². The summed E-state index contributed by atoms with van der Waals surface area (Å²) in [6, 6.07) is 2.91. The minimum atomic E-state index is -1.21. The second-order valence-electron chi connectivity index (χ2n) is 3.49. The SMILES string of the molecule is Cn1cc(C(=O)O)c(-c2ccc(F)cc2F)n1. The van der Waals surface area contributed by atoms with Crippen LogP contribution in [0.1, 0.15) is 10.4 Å². The van der Waals surface area contributed by atoms with Crippen molar-refractivity contribution in [3.8, 4) is 11.3 Å². The van der Waals surface area contributed by atoms with Crippen LogP contribution in [0.15, 0.2) is 24.4 Å². The van der Waals surface area contributed by atoms with E-state index in [1.54, 1.807) is 0 Å². The highest BCUT2D eigenvalue weighted by molar-refractivity contribution is 5.94. The Bertz CT molecular complexity index is 593. The Morgan fingerprint density at radius 1 is 1.41 bits per heavy atom. The normalized spacial score (nSPS) is 10.5. The van der Waals surface area contributed by atoms with Crippen molar-refractivity contribution in [2.24, 2.45) is 7.05 Å². The number of aromatic nitrogens is 2. The number of halogens is 2. The van der Waals surface area contributed by atoms with Gasteiger partial charge in [0.15, 0.2) is 0 Å². The van der Waals surface area contributed by atoms with Gasteiger partial charge in [0.05, 0.1) is 0 Å². The second-order valence-corrected chi connectivity index (χ2v) is 3.49. The van der Waals surface area contributed by atoms with Crippen LogP contribution in [0.5, 0.6) is 0 Å². The maximum atomic E-state index is 13.5. The van der Waals surface area contributed by atoms with Crippen LogP contribution in [0, 0.1) is 11.6 Å². The summed E-state index contributed by atoms with van der Waals surface area (Å²) in [5.74, 6) is -2.78. The van der Waals surface area contributed by atoms with Crippen molar-refractivity contribution in [1.82, 2.24) is 9.78 Å². The molecule has 2 aromatic rings. The van der Waals surface area contributed by atoms with E-state index < -0.39 is 17.6 Å². The van der Waals surface area contributed by atoms with Crippen LogP contribution in [-0.4, -0.2) is 20.9 Å². The molecule has 0 spiro atoms. The third-order valence-corrected chi connectivity index (χ3v) is 2.25. The maximum absolute atomic E-state index is 13.5. The van der Waals surface area contributed by atoms with Gasteiger partial charge in [0.2, 0.25) is 0 Å². The minimum Gasteiger partial charge on any atom is -0.478 e. The summed E-state index contributed by atoms with van der Waals surface area (Å²) in [4.78, 5) is 10.9. The largest absolute Gasteiger partial charge is 0.478 e. The number of aromatic carboxylic acids is 1. The molecule has 0 aliphatic carbocycles. The van der Waals surface area contributed by atoms with E-state index in [0.29, 0.717) is 6.07 Å². The highest BCUT2D eigenvalue weighted by Crippen LogP contribution is 2.25. The van der Waals surface area contributed by atoms with Crippen molar-refractivity contribution in [2.75, 3.05) is 0 Å². The van der Waals surface area contributed by atoms with Gasteiger partial charge in [-0.15, -0.1) is 0 Å². The summed E-state index contributed by atoms with van der Waals surface area (Å²) < 4.78 is 27.5. The third-order valence-electron chi connectivity index (χ3n) is 2.25. The molecule has 0 amide bonds. The van der Waals surface area contributed by atoms with Gasteiger partial charge < -0.3 is 5.11 Å². The first-order valence-electron chi connectivity index (χ1n) is 4.71. The molecule has 0 radical (unpaired) electrons. The lowest BCUT2D eigenvalue weighted by Crippen LogP contribution is -1.98. The molecule has 88 valence electrons. The predicted octanol–water partition coefficient (Wildman–Crippen LogP) is 2.06. The Morgan fingerprint density at radius 2 is 2.12 bits per heavy atom. The molecular formula is C11H8F2N2O2. The van der Waals surface area contributed by atoms with Gasteiger partial charge in [-0.05, 0) is 12.1 Å². The van der Waals surface area contributed by atoms with E-state index in [-0.39, 0.29) is 16.8 Å². The van der Waals surface area contributed by atoms with Crippen molar-refractivity contribution in [2.45, 2.75) is 0 Å². The summed E-state index contributed by atoms with van der Waals surface area (Å²) in [5, 5.41) is 12.8. The summed E-state index contributed by atoms with van der Waals surface area (Å²) >= 11 is 0. The average Bonchev–Trinajstić information content (AvgIpc) is 2.60. The lowest BCUT2D eigenvalue weighted by molar-refractivity contribution is 0.0697. The predicted molar refractivity (Wildman–Crippen MR) is 55.5 cm³/mol. The maximum Gasteiger partial charge on any atom is 0.339 e. The molecule has 1 N–H and O–H groups in total. The molecule has 4 nitrogen and oxygen atoms in total. The molecule has 0 bridgehead atoms. The highest BCUT2D eigenvalue weighted by atomic mass is 19.1. The number of carbonyl (C=O) groups is 1. The topological polar surface area (TPSA) is 55.1 Å². The van der Waals surface area contributed by atoms with Crippen LogP contribution in [0.3, 0.4) is 0 Å². The number of rotatable bonds is 2. The monoisotopic (exact) mass is 238 g/mol. The van der Waals surface area contributed by atoms with Gasteiger partial charge >= 0.3 is 5.97 Å². The lowest BCUT2D eigenvalue weighted by atomic mass is 10.1. The lowest BCUT2D eigenvalue weighted by Gasteiger charge is -2.00. The smallest absolute Gasteiger partial charge is 0.339 e. The Labute approximate surface area is 95.1 Å².